The van der Waals surface area contributed by atoms with Crippen molar-refractivity contribution in [1.29, 1.82) is 0 Å². The molecule has 4 rings (SSSR count). The Morgan fingerprint density at radius 3 is 2.73 bits per heavy atom. The summed E-state index contributed by atoms with van der Waals surface area (Å²) in [6, 6.07) is 12.0. The Morgan fingerprint density at radius 2 is 2.00 bits per heavy atom. The Labute approximate surface area is 164 Å². The standard InChI is InChI=1S/C21H22Cl2N2O/c1-25-11-18(17-9-15(22)10-20(23)19(17)12-25)14-6-3-7-16(8-14)24-21(26)13-4-2-5-13/h3,6-10,13,18H,2,4-5,11-12H2,1H3,(H,24,26). The number of likely N-dealkylation sites (N-methyl/N-ethyl adjacent to an activating group) is 1. The smallest absolute Gasteiger partial charge is 0.227 e. The van der Waals surface area contributed by atoms with Gasteiger partial charge in [-0.25, -0.2) is 0 Å². The molecule has 2 aromatic carbocycles. The molecule has 0 aromatic heterocycles. The van der Waals surface area contributed by atoms with E-state index in [2.05, 4.69) is 29.4 Å². The molecule has 1 N–H and O–H groups in total. The van der Waals surface area contributed by atoms with Crippen molar-refractivity contribution in [1.82, 2.24) is 4.90 Å². The first-order chi connectivity index (χ1) is 12.5. The van der Waals surface area contributed by atoms with Gasteiger partial charge in [0.15, 0.2) is 0 Å². The highest BCUT2D eigenvalue weighted by molar-refractivity contribution is 6.35. The second kappa shape index (κ2) is 7.22. The van der Waals surface area contributed by atoms with Gasteiger partial charge in [0.05, 0.1) is 0 Å². The molecule has 1 amide bonds. The van der Waals surface area contributed by atoms with Crippen molar-refractivity contribution < 1.29 is 4.79 Å². The topological polar surface area (TPSA) is 32.3 Å². The molecule has 1 aliphatic carbocycles. The van der Waals surface area contributed by atoms with Crippen LogP contribution in [0, 0.1) is 5.92 Å². The van der Waals surface area contributed by atoms with Crippen LogP contribution in [0.3, 0.4) is 0 Å². The Kier molecular flexibility index (Phi) is 4.96. The summed E-state index contributed by atoms with van der Waals surface area (Å²) in [5.41, 5.74) is 4.35. The van der Waals surface area contributed by atoms with E-state index >= 15 is 0 Å². The first-order valence-electron chi connectivity index (χ1n) is 9.08. The van der Waals surface area contributed by atoms with E-state index in [1.807, 2.05) is 24.3 Å². The van der Waals surface area contributed by atoms with E-state index in [1.165, 1.54) is 11.1 Å². The number of fused-ring (bicyclic) bond motifs is 1. The number of hydrogen-bond donors (Lipinski definition) is 1. The number of anilines is 1. The molecule has 3 nitrogen and oxygen atoms in total. The van der Waals surface area contributed by atoms with Crippen molar-refractivity contribution in [2.75, 3.05) is 18.9 Å². The summed E-state index contributed by atoms with van der Waals surface area (Å²) in [5, 5.41) is 4.46. The maximum absolute atomic E-state index is 12.3. The normalized spacial score (nSPS) is 20.3. The lowest BCUT2D eigenvalue weighted by molar-refractivity contribution is -0.122. The van der Waals surface area contributed by atoms with Gasteiger partial charge in [-0.1, -0.05) is 41.8 Å². The summed E-state index contributed by atoms with van der Waals surface area (Å²) in [4.78, 5) is 14.5. The van der Waals surface area contributed by atoms with Gasteiger partial charge in [-0.2, -0.15) is 0 Å². The van der Waals surface area contributed by atoms with Crippen LogP contribution in [0.4, 0.5) is 5.69 Å². The molecule has 2 aliphatic rings. The Bertz CT molecular complexity index is 848. The molecule has 0 spiro atoms. The summed E-state index contributed by atoms with van der Waals surface area (Å²) in [6.45, 7) is 1.71. The molecule has 0 radical (unpaired) electrons. The second-order valence-electron chi connectivity index (χ2n) is 7.45. The van der Waals surface area contributed by atoms with Crippen molar-refractivity contribution in [3.63, 3.8) is 0 Å². The Morgan fingerprint density at radius 1 is 1.19 bits per heavy atom. The number of halogens is 2. The van der Waals surface area contributed by atoms with E-state index < -0.39 is 0 Å². The quantitative estimate of drug-likeness (QED) is 0.772. The van der Waals surface area contributed by atoms with E-state index in [0.29, 0.717) is 5.02 Å². The molecule has 0 saturated heterocycles. The number of amides is 1. The van der Waals surface area contributed by atoms with Crippen molar-refractivity contribution in [2.24, 2.45) is 5.92 Å². The lowest BCUT2D eigenvalue weighted by Gasteiger charge is -2.33. The SMILES string of the molecule is CN1Cc2c(Cl)cc(Cl)cc2C(c2cccc(NC(=O)C3CCC3)c2)C1. The van der Waals surface area contributed by atoms with E-state index in [0.717, 1.165) is 48.6 Å². The fraction of sp³-hybridized carbons (Fsp3) is 0.381. The van der Waals surface area contributed by atoms with Gasteiger partial charge in [0.1, 0.15) is 0 Å². The summed E-state index contributed by atoms with van der Waals surface area (Å²) < 4.78 is 0. The molecule has 26 heavy (non-hydrogen) atoms. The minimum absolute atomic E-state index is 0.139. The number of carbonyl (C=O) groups is 1. The Balaban J connectivity index is 1.65. The summed E-state index contributed by atoms with van der Waals surface area (Å²) in [7, 11) is 2.10. The van der Waals surface area contributed by atoms with Crippen LogP contribution >= 0.6 is 23.2 Å². The summed E-state index contributed by atoms with van der Waals surface area (Å²) in [5.74, 6) is 0.499. The van der Waals surface area contributed by atoms with Crippen molar-refractivity contribution >= 4 is 34.8 Å². The maximum Gasteiger partial charge on any atom is 0.227 e. The molecule has 1 heterocycles. The third kappa shape index (κ3) is 3.48. The number of nitrogens with zero attached hydrogens (tertiary/aromatic N) is 1. The third-order valence-electron chi connectivity index (χ3n) is 5.52. The molecule has 1 atom stereocenters. The van der Waals surface area contributed by atoms with Gasteiger partial charge in [0.2, 0.25) is 5.91 Å². The average Bonchev–Trinajstić information content (AvgIpc) is 2.53. The molecule has 5 heteroatoms. The van der Waals surface area contributed by atoms with Gasteiger partial charge in [-0.15, -0.1) is 0 Å². The third-order valence-corrected chi connectivity index (χ3v) is 6.08. The molecule has 1 fully saturated rings. The summed E-state index contributed by atoms with van der Waals surface area (Å²) >= 11 is 12.7. The fourth-order valence-corrected chi connectivity index (χ4v) is 4.45. The van der Waals surface area contributed by atoms with Gasteiger partial charge in [0, 0.05) is 40.7 Å². The highest BCUT2D eigenvalue weighted by Gasteiger charge is 2.28. The highest BCUT2D eigenvalue weighted by atomic mass is 35.5. The summed E-state index contributed by atoms with van der Waals surface area (Å²) in [6.07, 6.45) is 3.16. The second-order valence-corrected chi connectivity index (χ2v) is 8.29. The largest absolute Gasteiger partial charge is 0.326 e. The lowest BCUT2D eigenvalue weighted by atomic mass is 9.84. The van der Waals surface area contributed by atoms with Crippen molar-refractivity contribution in [2.45, 2.75) is 31.7 Å². The predicted octanol–water partition coefficient (Wildman–Crippen LogP) is 5.31. The van der Waals surface area contributed by atoms with Gasteiger partial charge >= 0.3 is 0 Å². The van der Waals surface area contributed by atoms with Crippen LogP contribution < -0.4 is 5.32 Å². The number of rotatable bonds is 3. The molecule has 2 aromatic rings. The van der Waals surface area contributed by atoms with Crippen LogP contribution in [0.2, 0.25) is 10.0 Å². The molecule has 1 saturated carbocycles. The van der Waals surface area contributed by atoms with Gasteiger partial charge in [-0.3, -0.25) is 4.79 Å². The zero-order chi connectivity index (χ0) is 18.3. The van der Waals surface area contributed by atoms with E-state index in [1.54, 1.807) is 0 Å². The zero-order valence-electron chi connectivity index (χ0n) is 14.8. The van der Waals surface area contributed by atoms with Gasteiger partial charge < -0.3 is 10.2 Å². The molecule has 1 aliphatic heterocycles. The molecule has 1 unspecified atom stereocenters. The molecule has 136 valence electrons. The lowest BCUT2D eigenvalue weighted by Crippen LogP contribution is -2.31. The van der Waals surface area contributed by atoms with Crippen LogP contribution in [-0.2, 0) is 11.3 Å². The zero-order valence-corrected chi connectivity index (χ0v) is 16.3. The highest BCUT2D eigenvalue weighted by Crippen LogP contribution is 2.39. The monoisotopic (exact) mass is 388 g/mol. The van der Waals surface area contributed by atoms with Crippen LogP contribution in [0.15, 0.2) is 36.4 Å². The van der Waals surface area contributed by atoms with Gasteiger partial charge in [-0.05, 0) is 60.8 Å². The van der Waals surface area contributed by atoms with Crippen molar-refractivity contribution in [3.8, 4) is 0 Å². The van der Waals surface area contributed by atoms with E-state index in [4.69, 9.17) is 23.2 Å². The number of carbonyl (C=O) groups excluding carboxylic acids is 1. The Hall–Kier alpha value is -1.55. The van der Waals surface area contributed by atoms with Crippen molar-refractivity contribution in [3.05, 3.63) is 63.1 Å². The average molecular weight is 389 g/mol. The molecule has 0 bridgehead atoms. The molecular weight excluding hydrogens is 367 g/mol. The number of benzene rings is 2. The first-order valence-corrected chi connectivity index (χ1v) is 9.84. The van der Waals surface area contributed by atoms with Gasteiger partial charge in [0.25, 0.3) is 0 Å². The predicted molar refractivity (Wildman–Crippen MR) is 107 cm³/mol. The minimum atomic E-state index is 0.139. The maximum atomic E-state index is 12.3. The van der Waals surface area contributed by atoms with Crippen LogP contribution in [0.5, 0.6) is 0 Å². The van der Waals surface area contributed by atoms with E-state index in [9.17, 15) is 4.79 Å². The number of hydrogen-bond acceptors (Lipinski definition) is 2. The van der Waals surface area contributed by atoms with E-state index in [-0.39, 0.29) is 17.7 Å². The number of nitrogens with one attached hydrogen (secondary N) is 1. The fourth-order valence-electron chi connectivity index (χ4n) is 3.88. The van der Waals surface area contributed by atoms with Crippen LogP contribution in [-0.4, -0.2) is 24.4 Å². The minimum Gasteiger partial charge on any atom is -0.326 e. The van der Waals surface area contributed by atoms with Crippen LogP contribution in [0.1, 0.15) is 41.9 Å². The first kappa shape index (κ1) is 17.8. The van der Waals surface area contributed by atoms with Crippen LogP contribution in [0.25, 0.3) is 0 Å². The molecular formula is C21H22Cl2N2O.